The average molecular weight is 258 g/mol. The van der Waals surface area contributed by atoms with Crippen molar-refractivity contribution in [2.45, 2.75) is 25.7 Å². The number of nitriles is 1. The van der Waals surface area contributed by atoms with Crippen molar-refractivity contribution >= 4 is 11.7 Å². The van der Waals surface area contributed by atoms with E-state index in [1.54, 1.807) is 19.0 Å². The normalized spacial score (nSPS) is 13.3. The third-order valence-corrected chi connectivity index (χ3v) is 3.42. The van der Waals surface area contributed by atoms with Crippen molar-refractivity contribution in [2.75, 3.05) is 25.5 Å². The summed E-state index contributed by atoms with van der Waals surface area (Å²) in [5.74, 6) is 0.512. The van der Waals surface area contributed by atoms with Crippen LogP contribution in [0, 0.1) is 11.3 Å². The number of fused-ring (bicyclic) bond motifs is 1. The molecule has 0 fully saturated rings. The molecule has 1 aromatic heterocycles. The fourth-order valence-corrected chi connectivity index (χ4v) is 2.37. The molecule has 100 valence electrons. The number of rotatable bonds is 3. The monoisotopic (exact) mass is 258 g/mol. The van der Waals surface area contributed by atoms with Crippen LogP contribution in [0.15, 0.2) is 6.07 Å². The number of aromatic nitrogens is 1. The zero-order chi connectivity index (χ0) is 13.8. The lowest BCUT2D eigenvalue weighted by Gasteiger charge is -2.22. The minimum Gasteiger partial charge on any atom is -0.358 e. The topological polar surface area (TPSA) is 69.0 Å². The van der Waals surface area contributed by atoms with E-state index in [-0.39, 0.29) is 12.5 Å². The number of carbonyl (C=O) groups is 1. The molecule has 1 N–H and O–H groups in total. The van der Waals surface area contributed by atoms with Crippen LogP contribution in [0.5, 0.6) is 0 Å². The summed E-state index contributed by atoms with van der Waals surface area (Å²) in [5.41, 5.74) is 2.80. The average Bonchev–Trinajstić information content (AvgIpc) is 2.45. The van der Waals surface area contributed by atoms with Crippen LogP contribution in [-0.4, -0.2) is 31.5 Å². The van der Waals surface area contributed by atoms with E-state index in [1.165, 1.54) is 5.56 Å². The molecule has 1 heterocycles. The molecule has 2 rings (SSSR count). The first-order valence-corrected chi connectivity index (χ1v) is 6.50. The van der Waals surface area contributed by atoms with Crippen LogP contribution in [-0.2, 0) is 17.6 Å². The minimum atomic E-state index is -0.0917. The molecule has 1 amide bonds. The van der Waals surface area contributed by atoms with E-state index in [1.807, 2.05) is 6.07 Å². The Bertz CT molecular complexity index is 533. The van der Waals surface area contributed by atoms with Crippen LogP contribution >= 0.6 is 0 Å². The summed E-state index contributed by atoms with van der Waals surface area (Å²) in [7, 11) is 3.38. The maximum Gasteiger partial charge on any atom is 0.239 e. The maximum absolute atomic E-state index is 11.4. The number of hydrogen-bond acceptors (Lipinski definition) is 4. The highest BCUT2D eigenvalue weighted by Gasteiger charge is 2.18. The summed E-state index contributed by atoms with van der Waals surface area (Å²) in [4.78, 5) is 17.7. The Morgan fingerprint density at radius 3 is 2.95 bits per heavy atom. The number of carbonyl (C=O) groups excluding carboxylic acids is 1. The lowest BCUT2D eigenvalue weighted by Crippen LogP contribution is -2.34. The van der Waals surface area contributed by atoms with Gasteiger partial charge in [-0.3, -0.25) is 4.79 Å². The standard InChI is InChI=1S/C14H18N4O/c1-16-13(19)9-18(2)14-11(8-15)7-10-5-3-4-6-12(10)17-14/h7H,3-6,9H2,1-2H3,(H,16,19). The molecule has 0 spiro atoms. The zero-order valence-corrected chi connectivity index (χ0v) is 11.4. The van der Waals surface area contributed by atoms with E-state index in [0.29, 0.717) is 11.4 Å². The van der Waals surface area contributed by atoms with Crippen LogP contribution < -0.4 is 10.2 Å². The predicted molar refractivity (Wildman–Crippen MR) is 72.9 cm³/mol. The molecule has 0 aliphatic heterocycles. The number of aryl methyl sites for hydroxylation is 2. The Morgan fingerprint density at radius 1 is 1.53 bits per heavy atom. The third kappa shape index (κ3) is 2.84. The second-order valence-electron chi connectivity index (χ2n) is 4.81. The van der Waals surface area contributed by atoms with Crippen molar-refractivity contribution in [1.82, 2.24) is 10.3 Å². The smallest absolute Gasteiger partial charge is 0.239 e. The van der Waals surface area contributed by atoms with Gasteiger partial charge in [0.1, 0.15) is 11.9 Å². The van der Waals surface area contributed by atoms with Crippen molar-refractivity contribution in [3.05, 3.63) is 22.9 Å². The lowest BCUT2D eigenvalue weighted by atomic mass is 9.95. The van der Waals surface area contributed by atoms with Gasteiger partial charge in [-0.2, -0.15) is 5.26 Å². The molecule has 0 aromatic carbocycles. The van der Waals surface area contributed by atoms with Crippen molar-refractivity contribution in [1.29, 1.82) is 5.26 Å². The molecule has 5 nitrogen and oxygen atoms in total. The van der Waals surface area contributed by atoms with E-state index >= 15 is 0 Å². The molecule has 0 saturated heterocycles. The summed E-state index contributed by atoms with van der Waals surface area (Å²) in [6.07, 6.45) is 4.26. The number of anilines is 1. The molecule has 1 aromatic rings. The lowest BCUT2D eigenvalue weighted by molar-refractivity contribution is -0.119. The molecular formula is C14H18N4O. The molecule has 0 radical (unpaired) electrons. The highest BCUT2D eigenvalue weighted by Crippen LogP contribution is 2.25. The number of nitrogens with zero attached hydrogens (tertiary/aromatic N) is 3. The molecule has 19 heavy (non-hydrogen) atoms. The number of amides is 1. The summed E-state index contributed by atoms with van der Waals surface area (Å²) < 4.78 is 0. The summed E-state index contributed by atoms with van der Waals surface area (Å²) in [5, 5.41) is 11.8. The van der Waals surface area contributed by atoms with Crippen LogP contribution in [0.2, 0.25) is 0 Å². The van der Waals surface area contributed by atoms with Gasteiger partial charge in [0, 0.05) is 19.8 Å². The van der Waals surface area contributed by atoms with Crippen molar-refractivity contribution < 1.29 is 4.79 Å². The second kappa shape index (κ2) is 5.70. The third-order valence-electron chi connectivity index (χ3n) is 3.42. The van der Waals surface area contributed by atoms with E-state index in [4.69, 9.17) is 0 Å². The number of hydrogen-bond donors (Lipinski definition) is 1. The van der Waals surface area contributed by atoms with Gasteiger partial charge in [0.25, 0.3) is 0 Å². The molecule has 0 bridgehead atoms. The maximum atomic E-state index is 11.4. The van der Waals surface area contributed by atoms with Gasteiger partial charge >= 0.3 is 0 Å². The highest BCUT2D eigenvalue weighted by atomic mass is 16.1. The minimum absolute atomic E-state index is 0.0917. The summed E-state index contributed by atoms with van der Waals surface area (Å²) >= 11 is 0. The summed E-state index contributed by atoms with van der Waals surface area (Å²) in [6, 6.07) is 4.11. The van der Waals surface area contributed by atoms with Crippen LogP contribution in [0.4, 0.5) is 5.82 Å². The van der Waals surface area contributed by atoms with Gasteiger partial charge in [0.2, 0.25) is 5.91 Å². The van der Waals surface area contributed by atoms with Crippen LogP contribution in [0.1, 0.15) is 29.7 Å². The van der Waals surface area contributed by atoms with Crippen molar-refractivity contribution in [3.63, 3.8) is 0 Å². The SMILES string of the molecule is CNC(=O)CN(C)c1nc2c(cc1C#N)CCCC2. The van der Waals surface area contributed by atoms with Crippen LogP contribution in [0.3, 0.4) is 0 Å². The van der Waals surface area contributed by atoms with E-state index < -0.39 is 0 Å². The first-order valence-electron chi connectivity index (χ1n) is 6.50. The van der Waals surface area contributed by atoms with Crippen LogP contribution in [0.25, 0.3) is 0 Å². The molecule has 1 aliphatic rings. The zero-order valence-electron chi connectivity index (χ0n) is 11.4. The quantitative estimate of drug-likeness (QED) is 0.878. The Morgan fingerprint density at radius 2 is 2.26 bits per heavy atom. The van der Waals surface area contributed by atoms with Crippen molar-refractivity contribution in [2.24, 2.45) is 0 Å². The largest absolute Gasteiger partial charge is 0.358 e. The summed E-state index contributed by atoms with van der Waals surface area (Å²) in [6.45, 7) is 0.205. The molecule has 5 heteroatoms. The molecule has 0 atom stereocenters. The Balaban J connectivity index is 2.33. The number of likely N-dealkylation sites (N-methyl/N-ethyl adjacent to an activating group) is 2. The molecule has 1 aliphatic carbocycles. The fourth-order valence-electron chi connectivity index (χ4n) is 2.37. The Labute approximate surface area is 113 Å². The number of nitrogens with one attached hydrogen (secondary N) is 1. The van der Waals surface area contributed by atoms with E-state index in [2.05, 4.69) is 16.4 Å². The van der Waals surface area contributed by atoms with Gasteiger partial charge in [-0.25, -0.2) is 4.98 Å². The van der Waals surface area contributed by atoms with Gasteiger partial charge in [-0.15, -0.1) is 0 Å². The predicted octanol–water partition coefficient (Wildman–Crippen LogP) is 1.01. The first-order chi connectivity index (χ1) is 9.15. The van der Waals surface area contributed by atoms with E-state index in [0.717, 1.165) is 31.4 Å². The molecule has 0 unspecified atom stereocenters. The van der Waals surface area contributed by atoms with Gasteiger partial charge in [-0.05, 0) is 37.3 Å². The first kappa shape index (κ1) is 13.3. The second-order valence-corrected chi connectivity index (χ2v) is 4.81. The molecule has 0 saturated carbocycles. The highest BCUT2D eigenvalue weighted by molar-refractivity contribution is 5.81. The Kier molecular flexibility index (Phi) is 4.00. The van der Waals surface area contributed by atoms with Crippen molar-refractivity contribution in [3.8, 4) is 6.07 Å². The van der Waals surface area contributed by atoms with E-state index in [9.17, 15) is 10.1 Å². The van der Waals surface area contributed by atoms with Gasteiger partial charge in [0.05, 0.1) is 12.1 Å². The van der Waals surface area contributed by atoms with Gasteiger partial charge in [0.15, 0.2) is 0 Å². The van der Waals surface area contributed by atoms with Gasteiger partial charge in [-0.1, -0.05) is 0 Å². The fraction of sp³-hybridized carbons (Fsp3) is 0.500. The number of pyridine rings is 1. The molecular weight excluding hydrogens is 240 g/mol. The Hall–Kier alpha value is -2.09. The van der Waals surface area contributed by atoms with Gasteiger partial charge < -0.3 is 10.2 Å².